The molecule has 0 radical (unpaired) electrons. The SMILES string of the molecule is C[NH+](C)CCSC1c2ccccc2CSc2ccccc21.[Cl-]. The van der Waals surface area contributed by atoms with Gasteiger partial charge in [-0.1, -0.05) is 42.5 Å². The summed E-state index contributed by atoms with van der Waals surface area (Å²) in [5, 5.41) is 0.478. The van der Waals surface area contributed by atoms with Crippen LogP contribution in [0.4, 0.5) is 0 Å². The fraction of sp³-hybridized carbons (Fsp3) is 0.333. The summed E-state index contributed by atoms with van der Waals surface area (Å²) in [7, 11) is 4.46. The van der Waals surface area contributed by atoms with Gasteiger partial charge in [-0.25, -0.2) is 0 Å². The average Bonchev–Trinajstić information content (AvgIpc) is 2.65. The largest absolute Gasteiger partial charge is 1.00 e. The molecule has 0 aliphatic carbocycles. The number of rotatable bonds is 4. The highest BCUT2D eigenvalue weighted by Gasteiger charge is 2.23. The molecule has 0 fully saturated rings. The highest BCUT2D eigenvalue weighted by Crippen LogP contribution is 2.45. The minimum Gasteiger partial charge on any atom is -1.00 e. The average molecular weight is 352 g/mol. The molecule has 0 saturated carbocycles. The van der Waals surface area contributed by atoms with Crippen LogP contribution in [0.25, 0.3) is 0 Å². The molecule has 22 heavy (non-hydrogen) atoms. The van der Waals surface area contributed by atoms with E-state index < -0.39 is 0 Å². The number of nitrogens with one attached hydrogen (secondary N) is 1. The third-order valence-corrected chi connectivity index (χ3v) is 6.23. The van der Waals surface area contributed by atoms with E-state index in [0.29, 0.717) is 5.25 Å². The van der Waals surface area contributed by atoms with Crippen LogP contribution in [0.15, 0.2) is 53.4 Å². The van der Waals surface area contributed by atoms with Crippen LogP contribution in [0.5, 0.6) is 0 Å². The number of halogens is 1. The Hall–Kier alpha value is -0.610. The first-order valence-electron chi connectivity index (χ1n) is 7.46. The molecule has 1 heterocycles. The zero-order valence-electron chi connectivity index (χ0n) is 13.0. The quantitative estimate of drug-likeness (QED) is 0.843. The molecule has 1 nitrogen and oxygen atoms in total. The Kier molecular flexibility index (Phi) is 6.69. The Morgan fingerprint density at radius 3 is 2.50 bits per heavy atom. The van der Waals surface area contributed by atoms with Crippen LogP contribution in [0.1, 0.15) is 21.9 Å². The van der Waals surface area contributed by atoms with Crippen LogP contribution in [0.3, 0.4) is 0 Å². The van der Waals surface area contributed by atoms with Gasteiger partial charge in [-0.15, -0.1) is 23.5 Å². The molecule has 0 saturated heterocycles. The molecule has 2 aromatic rings. The molecule has 1 aliphatic heterocycles. The number of quaternary nitrogens is 1. The van der Waals surface area contributed by atoms with Crippen molar-refractivity contribution in [2.45, 2.75) is 15.9 Å². The van der Waals surface area contributed by atoms with Crippen molar-refractivity contribution in [3.63, 3.8) is 0 Å². The highest BCUT2D eigenvalue weighted by molar-refractivity contribution is 8.00. The smallest absolute Gasteiger partial charge is 0.0859 e. The molecule has 0 amide bonds. The van der Waals surface area contributed by atoms with E-state index in [4.69, 9.17) is 0 Å². The van der Waals surface area contributed by atoms with Gasteiger partial charge in [0.25, 0.3) is 0 Å². The summed E-state index contributed by atoms with van der Waals surface area (Å²) in [6.07, 6.45) is 0. The van der Waals surface area contributed by atoms with Crippen LogP contribution in [-0.4, -0.2) is 26.4 Å². The summed E-state index contributed by atoms with van der Waals surface area (Å²) in [4.78, 5) is 2.97. The minimum absolute atomic E-state index is 0. The van der Waals surface area contributed by atoms with Gasteiger partial charge in [-0.05, 0) is 22.8 Å². The van der Waals surface area contributed by atoms with E-state index in [9.17, 15) is 0 Å². The lowest BCUT2D eigenvalue weighted by Gasteiger charge is -2.20. The van der Waals surface area contributed by atoms with Gasteiger partial charge in [0.15, 0.2) is 0 Å². The maximum Gasteiger partial charge on any atom is 0.0859 e. The molecule has 1 atom stereocenters. The summed E-state index contributed by atoms with van der Waals surface area (Å²) in [5.74, 6) is 2.28. The van der Waals surface area contributed by atoms with Crippen LogP contribution in [-0.2, 0) is 5.75 Å². The van der Waals surface area contributed by atoms with Crippen LogP contribution in [0, 0.1) is 0 Å². The van der Waals surface area contributed by atoms with Crippen molar-refractivity contribution in [3.05, 3.63) is 65.2 Å². The molecule has 3 rings (SSSR count). The predicted molar refractivity (Wildman–Crippen MR) is 94.4 cm³/mol. The Morgan fingerprint density at radius 2 is 1.73 bits per heavy atom. The van der Waals surface area contributed by atoms with Gasteiger partial charge in [0.2, 0.25) is 0 Å². The summed E-state index contributed by atoms with van der Waals surface area (Å²) in [6.45, 7) is 1.21. The van der Waals surface area contributed by atoms with Crippen LogP contribution in [0.2, 0.25) is 0 Å². The molecule has 1 aliphatic rings. The molecule has 1 N–H and O–H groups in total. The highest BCUT2D eigenvalue weighted by atomic mass is 35.5. The van der Waals surface area contributed by atoms with E-state index in [0.717, 1.165) is 5.75 Å². The number of thioether (sulfide) groups is 2. The Balaban J connectivity index is 0.00000176. The molecule has 1 unspecified atom stereocenters. The Morgan fingerprint density at radius 1 is 1.05 bits per heavy atom. The van der Waals surface area contributed by atoms with Gasteiger partial charge < -0.3 is 17.3 Å². The maximum atomic E-state index is 2.32. The van der Waals surface area contributed by atoms with Crippen molar-refractivity contribution >= 4 is 23.5 Å². The van der Waals surface area contributed by atoms with E-state index >= 15 is 0 Å². The summed E-state index contributed by atoms with van der Waals surface area (Å²) >= 11 is 4.07. The lowest BCUT2D eigenvalue weighted by Crippen LogP contribution is -3.06. The molecule has 0 bridgehead atoms. The Bertz CT molecular complexity index is 568. The van der Waals surface area contributed by atoms with Gasteiger partial charge in [0.1, 0.15) is 0 Å². The number of benzene rings is 2. The number of fused-ring (bicyclic) bond motifs is 2. The maximum absolute atomic E-state index is 2.32. The normalized spacial score (nSPS) is 16.4. The summed E-state index contributed by atoms with van der Waals surface area (Å²) < 4.78 is 0. The predicted octanol–water partition coefficient (Wildman–Crippen LogP) is 0.263. The van der Waals surface area contributed by atoms with Crippen molar-refractivity contribution in [1.29, 1.82) is 0 Å². The van der Waals surface area contributed by atoms with E-state index in [2.05, 4.69) is 74.4 Å². The molecule has 4 heteroatoms. The van der Waals surface area contributed by atoms with Gasteiger partial charge in [0.05, 0.1) is 25.9 Å². The van der Waals surface area contributed by atoms with E-state index in [1.807, 2.05) is 11.8 Å². The van der Waals surface area contributed by atoms with Gasteiger partial charge >= 0.3 is 0 Å². The Labute approximate surface area is 148 Å². The van der Waals surface area contributed by atoms with Crippen molar-refractivity contribution in [2.24, 2.45) is 0 Å². The molecule has 0 spiro atoms. The monoisotopic (exact) mass is 351 g/mol. The minimum atomic E-state index is 0. The topological polar surface area (TPSA) is 4.44 Å². The summed E-state index contributed by atoms with van der Waals surface area (Å²) in [6, 6.07) is 17.9. The first-order chi connectivity index (χ1) is 10.3. The van der Waals surface area contributed by atoms with Crippen molar-refractivity contribution < 1.29 is 17.3 Å². The van der Waals surface area contributed by atoms with Crippen molar-refractivity contribution in [2.75, 3.05) is 26.4 Å². The summed E-state index contributed by atoms with van der Waals surface area (Å²) in [5.41, 5.74) is 4.49. The van der Waals surface area contributed by atoms with Gasteiger partial charge in [-0.3, -0.25) is 0 Å². The zero-order valence-corrected chi connectivity index (χ0v) is 15.4. The van der Waals surface area contributed by atoms with Crippen LogP contribution >= 0.6 is 23.5 Å². The second kappa shape index (κ2) is 8.30. The molecule has 118 valence electrons. The third-order valence-electron chi connectivity index (χ3n) is 3.81. The number of hydrogen-bond donors (Lipinski definition) is 1. The lowest BCUT2D eigenvalue weighted by atomic mass is 10.0. The van der Waals surface area contributed by atoms with Gasteiger partial charge in [-0.2, -0.15) is 0 Å². The number of hydrogen-bond acceptors (Lipinski definition) is 2. The first kappa shape index (κ1) is 17.7. The lowest BCUT2D eigenvalue weighted by molar-refractivity contribution is -0.855. The van der Waals surface area contributed by atoms with E-state index in [-0.39, 0.29) is 12.4 Å². The van der Waals surface area contributed by atoms with E-state index in [1.54, 1.807) is 0 Å². The molecular weight excluding hydrogens is 330 g/mol. The first-order valence-corrected chi connectivity index (χ1v) is 9.49. The second-order valence-corrected chi connectivity index (χ2v) is 7.96. The molecule has 2 aromatic carbocycles. The van der Waals surface area contributed by atoms with Crippen molar-refractivity contribution in [3.8, 4) is 0 Å². The third kappa shape index (κ3) is 4.02. The standard InChI is InChI=1S/C18H21NS2.ClH/c1-19(2)11-12-20-18-15-8-4-3-7-14(15)13-21-17-10-6-5-9-16(17)18;/h3-10,18H,11-13H2,1-2H3;1H. The van der Waals surface area contributed by atoms with Crippen LogP contribution < -0.4 is 17.3 Å². The van der Waals surface area contributed by atoms with Crippen molar-refractivity contribution in [1.82, 2.24) is 0 Å². The van der Waals surface area contributed by atoms with Gasteiger partial charge in [0, 0.05) is 16.4 Å². The van der Waals surface area contributed by atoms with E-state index in [1.165, 1.54) is 38.8 Å². The fourth-order valence-electron chi connectivity index (χ4n) is 2.63. The second-order valence-electron chi connectivity index (χ2n) is 5.73. The molecule has 0 aromatic heterocycles. The zero-order chi connectivity index (χ0) is 14.7. The fourth-order valence-corrected chi connectivity index (χ4v) is 5.37. The molecular formula is C18H22ClNS2.